The summed E-state index contributed by atoms with van der Waals surface area (Å²) in [7, 11) is 1.34. The lowest BCUT2D eigenvalue weighted by atomic mass is 10.5. The first-order valence-electron chi connectivity index (χ1n) is 3.73. The summed E-state index contributed by atoms with van der Waals surface area (Å²) in [5, 5.41) is 4.30. The average molecular weight is 226 g/mol. The molecule has 0 aromatic carbocycles. The summed E-state index contributed by atoms with van der Waals surface area (Å²) in [4.78, 5) is 19.3. The Morgan fingerprint density at radius 2 is 2.36 bits per heavy atom. The van der Waals surface area contributed by atoms with Crippen molar-refractivity contribution in [3.05, 3.63) is 22.0 Å². The highest BCUT2D eigenvalue weighted by molar-refractivity contribution is 7.14. The molecule has 6 heteroatoms. The Balaban J connectivity index is 2.31. The molecule has 0 fully saturated rings. The van der Waals surface area contributed by atoms with Gasteiger partial charge in [-0.25, -0.2) is 14.8 Å². The van der Waals surface area contributed by atoms with Gasteiger partial charge < -0.3 is 4.74 Å². The van der Waals surface area contributed by atoms with Crippen molar-refractivity contribution in [1.29, 1.82) is 0 Å². The van der Waals surface area contributed by atoms with Crippen molar-refractivity contribution in [1.82, 2.24) is 9.97 Å². The molecule has 2 aromatic rings. The molecule has 0 aliphatic rings. The molecule has 0 unspecified atom stereocenters. The molecule has 2 heterocycles. The fourth-order valence-corrected chi connectivity index (χ4v) is 2.27. The molecule has 14 heavy (non-hydrogen) atoms. The third-order valence-corrected chi connectivity index (χ3v) is 3.00. The topological polar surface area (TPSA) is 52.1 Å². The first-order chi connectivity index (χ1) is 6.81. The minimum absolute atomic E-state index is 0.334. The van der Waals surface area contributed by atoms with Gasteiger partial charge in [-0.2, -0.15) is 0 Å². The van der Waals surface area contributed by atoms with E-state index < -0.39 is 5.97 Å². The number of thiazole rings is 2. The molecule has 2 aromatic heterocycles. The Morgan fingerprint density at radius 1 is 1.50 bits per heavy atom. The van der Waals surface area contributed by atoms with Gasteiger partial charge in [-0.3, -0.25) is 0 Å². The van der Waals surface area contributed by atoms with Crippen LogP contribution < -0.4 is 0 Å². The number of ether oxygens (including phenoxy) is 1. The molecule has 0 saturated heterocycles. The second-order valence-corrected chi connectivity index (χ2v) is 3.98. The molecule has 0 aliphatic heterocycles. The van der Waals surface area contributed by atoms with Crippen LogP contribution in [0.3, 0.4) is 0 Å². The monoisotopic (exact) mass is 226 g/mol. The number of hydrogen-bond donors (Lipinski definition) is 0. The second-order valence-electron chi connectivity index (χ2n) is 2.40. The summed E-state index contributed by atoms with van der Waals surface area (Å²) in [5.41, 5.74) is 2.87. The van der Waals surface area contributed by atoms with Gasteiger partial charge in [0.15, 0.2) is 5.69 Å². The van der Waals surface area contributed by atoms with Gasteiger partial charge in [0.05, 0.1) is 12.6 Å². The van der Waals surface area contributed by atoms with Gasteiger partial charge in [0.1, 0.15) is 10.7 Å². The highest BCUT2D eigenvalue weighted by Crippen LogP contribution is 2.23. The molecule has 0 bridgehead atoms. The molecule has 0 atom stereocenters. The predicted octanol–water partition coefficient (Wildman–Crippen LogP) is 2.05. The van der Waals surface area contributed by atoms with Gasteiger partial charge in [0.2, 0.25) is 0 Å². The molecule has 0 spiro atoms. The number of methoxy groups -OCH3 is 1. The number of rotatable bonds is 2. The van der Waals surface area contributed by atoms with Gasteiger partial charge in [-0.05, 0) is 0 Å². The van der Waals surface area contributed by atoms with E-state index in [-0.39, 0.29) is 0 Å². The quantitative estimate of drug-likeness (QED) is 0.735. The Bertz CT molecular complexity index is 436. The van der Waals surface area contributed by atoms with Gasteiger partial charge in [-0.1, -0.05) is 0 Å². The van der Waals surface area contributed by atoms with Crippen molar-refractivity contribution in [3.8, 4) is 10.7 Å². The maximum absolute atomic E-state index is 11.1. The van der Waals surface area contributed by atoms with Gasteiger partial charge in [-0.15, -0.1) is 22.7 Å². The molecule has 0 radical (unpaired) electrons. The van der Waals surface area contributed by atoms with Crippen LogP contribution in [-0.2, 0) is 4.74 Å². The Morgan fingerprint density at radius 3 is 3.00 bits per heavy atom. The van der Waals surface area contributed by atoms with Crippen LogP contribution in [0.2, 0.25) is 0 Å². The van der Waals surface area contributed by atoms with E-state index in [2.05, 4.69) is 14.7 Å². The van der Waals surface area contributed by atoms with Crippen molar-refractivity contribution in [2.24, 2.45) is 0 Å². The number of nitrogens with zero attached hydrogens (tertiary/aromatic N) is 2. The van der Waals surface area contributed by atoms with E-state index in [0.717, 1.165) is 10.7 Å². The lowest BCUT2D eigenvalue weighted by molar-refractivity contribution is 0.0595. The second kappa shape index (κ2) is 3.85. The number of hydrogen-bond acceptors (Lipinski definition) is 6. The molecule has 0 N–H and O–H groups in total. The molecule has 0 aliphatic carbocycles. The minimum Gasteiger partial charge on any atom is -0.464 e. The normalized spacial score (nSPS) is 10.1. The van der Waals surface area contributed by atoms with Crippen molar-refractivity contribution in [2.45, 2.75) is 0 Å². The van der Waals surface area contributed by atoms with E-state index in [1.165, 1.54) is 29.8 Å². The molecule has 72 valence electrons. The van der Waals surface area contributed by atoms with Crippen molar-refractivity contribution in [2.75, 3.05) is 7.11 Å². The van der Waals surface area contributed by atoms with E-state index in [1.807, 2.05) is 5.38 Å². The van der Waals surface area contributed by atoms with E-state index in [4.69, 9.17) is 0 Å². The zero-order valence-corrected chi connectivity index (χ0v) is 8.89. The summed E-state index contributed by atoms with van der Waals surface area (Å²) < 4.78 is 4.55. The van der Waals surface area contributed by atoms with Gasteiger partial charge in [0.25, 0.3) is 0 Å². The summed E-state index contributed by atoms with van der Waals surface area (Å²) in [5.74, 6) is -0.414. The molecule has 4 nitrogen and oxygen atoms in total. The molecular formula is C8H6N2O2S2. The van der Waals surface area contributed by atoms with E-state index in [0.29, 0.717) is 5.69 Å². The summed E-state index contributed by atoms with van der Waals surface area (Å²) >= 11 is 2.88. The molecule has 2 rings (SSSR count). The van der Waals surface area contributed by atoms with Crippen LogP contribution in [0.5, 0.6) is 0 Å². The summed E-state index contributed by atoms with van der Waals surface area (Å²) in [6.45, 7) is 0. The van der Waals surface area contributed by atoms with Crippen LogP contribution in [-0.4, -0.2) is 23.0 Å². The number of esters is 1. The third kappa shape index (κ3) is 1.66. The summed E-state index contributed by atoms with van der Waals surface area (Å²) in [6.07, 6.45) is 0. The average Bonchev–Trinajstić information content (AvgIpc) is 2.86. The van der Waals surface area contributed by atoms with E-state index in [1.54, 1.807) is 10.9 Å². The van der Waals surface area contributed by atoms with Crippen LogP contribution in [0.15, 0.2) is 16.3 Å². The summed E-state index contributed by atoms with van der Waals surface area (Å²) in [6, 6.07) is 0. The Hall–Kier alpha value is -1.27. The minimum atomic E-state index is -0.414. The van der Waals surface area contributed by atoms with E-state index in [9.17, 15) is 4.79 Å². The van der Waals surface area contributed by atoms with Crippen LogP contribution in [0.25, 0.3) is 10.7 Å². The predicted molar refractivity (Wildman–Crippen MR) is 54.6 cm³/mol. The maximum atomic E-state index is 11.1. The first kappa shape index (κ1) is 9.29. The smallest absolute Gasteiger partial charge is 0.357 e. The lowest BCUT2D eigenvalue weighted by Crippen LogP contribution is -2.00. The van der Waals surface area contributed by atoms with Crippen LogP contribution >= 0.6 is 22.7 Å². The molecular weight excluding hydrogens is 220 g/mol. The van der Waals surface area contributed by atoms with Crippen molar-refractivity contribution < 1.29 is 9.53 Å². The Labute approximate surface area is 88.2 Å². The van der Waals surface area contributed by atoms with Crippen LogP contribution in [0.4, 0.5) is 0 Å². The van der Waals surface area contributed by atoms with Crippen LogP contribution in [0, 0.1) is 0 Å². The standard InChI is InChI=1S/C8H6N2O2S2/c1-12-8(11)6-3-14-7(10-6)5-2-13-4-9-5/h2-4H,1H3. The number of carbonyl (C=O) groups is 1. The van der Waals surface area contributed by atoms with Gasteiger partial charge in [0, 0.05) is 10.8 Å². The zero-order valence-electron chi connectivity index (χ0n) is 7.26. The molecule has 0 saturated carbocycles. The first-order valence-corrected chi connectivity index (χ1v) is 5.56. The molecule has 0 amide bonds. The Kier molecular flexibility index (Phi) is 2.55. The lowest BCUT2D eigenvalue weighted by Gasteiger charge is -1.91. The number of aromatic nitrogens is 2. The fourth-order valence-electron chi connectivity index (χ4n) is 0.908. The zero-order chi connectivity index (χ0) is 9.97. The fraction of sp³-hybridized carbons (Fsp3) is 0.125. The SMILES string of the molecule is COC(=O)c1csc(-c2cscn2)n1. The maximum Gasteiger partial charge on any atom is 0.357 e. The van der Waals surface area contributed by atoms with Gasteiger partial charge >= 0.3 is 5.97 Å². The van der Waals surface area contributed by atoms with Crippen molar-refractivity contribution >= 4 is 28.6 Å². The largest absolute Gasteiger partial charge is 0.464 e. The van der Waals surface area contributed by atoms with Crippen molar-refractivity contribution in [3.63, 3.8) is 0 Å². The highest BCUT2D eigenvalue weighted by atomic mass is 32.1. The van der Waals surface area contributed by atoms with Crippen LogP contribution in [0.1, 0.15) is 10.5 Å². The third-order valence-electron chi connectivity index (χ3n) is 1.55. The van der Waals surface area contributed by atoms with E-state index >= 15 is 0 Å². The highest BCUT2D eigenvalue weighted by Gasteiger charge is 2.12. The number of carbonyl (C=O) groups excluding carboxylic acids is 1.